The molecule has 2 N–H and O–H groups in total. The lowest BCUT2D eigenvalue weighted by atomic mass is 10.3. The molecular weight excluding hydrogens is 241 g/mol. The summed E-state index contributed by atoms with van der Waals surface area (Å²) in [6, 6.07) is 3.28. The van der Waals surface area contributed by atoms with Gasteiger partial charge in [-0.15, -0.1) is 0 Å². The molecule has 16 heavy (non-hydrogen) atoms. The van der Waals surface area contributed by atoms with Gasteiger partial charge in [-0.3, -0.25) is 0 Å². The summed E-state index contributed by atoms with van der Waals surface area (Å²) in [5.74, 6) is 0.335. The number of hydrogen-bond donors (Lipinski definition) is 1. The molecule has 0 fully saturated rings. The Bertz CT molecular complexity index is 357. The maximum Gasteiger partial charge on any atom is 0.441 e. The molecule has 1 aromatic heterocycles. The van der Waals surface area contributed by atoms with E-state index in [0.717, 1.165) is 5.69 Å². The van der Waals surface area contributed by atoms with E-state index in [-0.39, 0.29) is 29.9 Å². The van der Waals surface area contributed by atoms with Crippen molar-refractivity contribution in [2.24, 2.45) is 0 Å². The van der Waals surface area contributed by atoms with Gasteiger partial charge >= 0.3 is 5.51 Å². The third-order valence-corrected chi connectivity index (χ3v) is 2.33. The van der Waals surface area contributed by atoms with Crippen LogP contribution in [0.3, 0.4) is 0 Å². The zero-order chi connectivity index (χ0) is 12.2. The Kier molecular flexibility index (Phi) is 4.28. The molecule has 0 aliphatic heterocycles. The molecule has 3 nitrogen and oxygen atoms in total. The molecule has 0 spiro atoms. The second-order valence-corrected chi connectivity index (χ2v) is 4.14. The van der Waals surface area contributed by atoms with Crippen LogP contribution in [0.25, 0.3) is 0 Å². The molecule has 0 radical (unpaired) electrons. The van der Waals surface area contributed by atoms with Crippen molar-refractivity contribution in [3.05, 3.63) is 17.8 Å². The Morgan fingerprint density at radius 2 is 2.12 bits per heavy atom. The minimum absolute atomic E-state index is 0.0564. The highest BCUT2D eigenvalue weighted by Gasteiger charge is 2.27. The Morgan fingerprint density at radius 1 is 1.44 bits per heavy atom. The van der Waals surface area contributed by atoms with Crippen molar-refractivity contribution in [1.82, 2.24) is 4.98 Å². The normalized spacial score (nSPS) is 11.5. The molecule has 1 rings (SSSR count). The van der Waals surface area contributed by atoms with Crippen molar-refractivity contribution in [3.8, 4) is 5.75 Å². The lowest BCUT2D eigenvalue weighted by Gasteiger charge is -2.09. The minimum Gasteiger partial charge on any atom is -0.489 e. The van der Waals surface area contributed by atoms with Crippen LogP contribution in [0.4, 0.5) is 19.0 Å². The molecule has 1 heterocycles. The van der Waals surface area contributed by atoms with Crippen molar-refractivity contribution in [1.29, 1.82) is 0 Å². The van der Waals surface area contributed by atoms with E-state index in [4.69, 9.17) is 10.5 Å². The standard InChI is InChI=1S/C9H11F3N2OS/c1-6-2-3-7(8(13)14-6)15-4-5-16-9(10,11)12/h2-3H,4-5H2,1H3,(H2,13,14). The number of ether oxygens (including phenoxy) is 1. The maximum atomic E-state index is 11.8. The van der Waals surface area contributed by atoms with E-state index in [0.29, 0.717) is 5.75 Å². The lowest BCUT2D eigenvalue weighted by molar-refractivity contribution is -0.0329. The largest absolute Gasteiger partial charge is 0.489 e. The van der Waals surface area contributed by atoms with E-state index < -0.39 is 5.51 Å². The molecule has 0 aliphatic rings. The average Bonchev–Trinajstić information content (AvgIpc) is 2.13. The molecule has 7 heteroatoms. The second-order valence-electron chi connectivity index (χ2n) is 2.98. The van der Waals surface area contributed by atoms with E-state index in [1.807, 2.05) is 0 Å². The third-order valence-electron chi connectivity index (χ3n) is 1.63. The van der Waals surface area contributed by atoms with Gasteiger partial charge in [0.25, 0.3) is 0 Å². The highest BCUT2D eigenvalue weighted by atomic mass is 32.2. The predicted octanol–water partition coefficient (Wildman–Crippen LogP) is 2.60. The summed E-state index contributed by atoms with van der Waals surface area (Å²) in [5.41, 5.74) is 2.03. The predicted molar refractivity (Wildman–Crippen MR) is 57.4 cm³/mol. The van der Waals surface area contributed by atoms with Crippen molar-refractivity contribution >= 4 is 17.6 Å². The number of nitrogens with two attached hydrogens (primary N) is 1. The summed E-state index contributed by atoms with van der Waals surface area (Å²) in [6.45, 7) is 1.71. The number of rotatable bonds is 4. The quantitative estimate of drug-likeness (QED) is 0.837. The number of aryl methyl sites for hydroxylation is 1. The molecule has 0 bridgehead atoms. The van der Waals surface area contributed by atoms with Crippen molar-refractivity contribution in [2.75, 3.05) is 18.1 Å². The van der Waals surface area contributed by atoms with Gasteiger partial charge in [0.15, 0.2) is 11.6 Å². The van der Waals surface area contributed by atoms with Crippen LogP contribution in [0.15, 0.2) is 12.1 Å². The molecule has 0 saturated carbocycles. The van der Waals surface area contributed by atoms with Gasteiger partial charge in [0.05, 0.1) is 6.61 Å². The number of alkyl halides is 3. The molecule has 0 aliphatic carbocycles. The highest BCUT2D eigenvalue weighted by molar-refractivity contribution is 8.00. The molecule has 0 saturated heterocycles. The topological polar surface area (TPSA) is 48.1 Å². The fourth-order valence-electron chi connectivity index (χ4n) is 0.995. The zero-order valence-electron chi connectivity index (χ0n) is 8.54. The first kappa shape index (κ1) is 13.0. The summed E-state index contributed by atoms with van der Waals surface area (Å²) < 4.78 is 40.4. The van der Waals surface area contributed by atoms with Crippen LogP contribution >= 0.6 is 11.8 Å². The lowest BCUT2D eigenvalue weighted by Crippen LogP contribution is -2.08. The van der Waals surface area contributed by atoms with Gasteiger partial charge in [0.2, 0.25) is 0 Å². The third kappa shape index (κ3) is 4.61. The van der Waals surface area contributed by atoms with Crippen molar-refractivity contribution < 1.29 is 17.9 Å². The highest BCUT2D eigenvalue weighted by Crippen LogP contribution is 2.30. The van der Waals surface area contributed by atoms with E-state index in [9.17, 15) is 13.2 Å². The Labute approximate surface area is 95.2 Å². The van der Waals surface area contributed by atoms with Crippen LogP contribution in [-0.2, 0) is 0 Å². The molecule has 0 unspecified atom stereocenters. The number of nitrogen functional groups attached to an aromatic ring is 1. The fourth-order valence-corrected chi connectivity index (χ4v) is 1.39. The molecular formula is C9H11F3N2OS. The van der Waals surface area contributed by atoms with Gasteiger partial charge in [0.1, 0.15) is 0 Å². The Morgan fingerprint density at radius 3 is 2.69 bits per heavy atom. The smallest absolute Gasteiger partial charge is 0.441 e. The van der Waals surface area contributed by atoms with Gasteiger partial charge in [-0.25, -0.2) is 4.98 Å². The number of halogens is 3. The summed E-state index contributed by atoms with van der Waals surface area (Å²) in [7, 11) is 0. The van der Waals surface area contributed by atoms with Crippen LogP contribution in [0, 0.1) is 6.92 Å². The van der Waals surface area contributed by atoms with Crippen LogP contribution in [-0.4, -0.2) is 22.9 Å². The monoisotopic (exact) mass is 252 g/mol. The molecule has 0 amide bonds. The number of anilines is 1. The van der Waals surface area contributed by atoms with Gasteiger partial charge in [-0.1, -0.05) is 0 Å². The van der Waals surface area contributed by atoms with E-state index >= 15 is 0 Å². The number of aromatic nitrogens is 1. The molecule has 1 aromatic rings. The van der Waals surface area contributed by atoms with Gasteiger partial charge < -0.3 is 10.5 Å². The van der Waals surface area contributed by atoms with E-state index in [2.05, 4.69) is 4.98 Å². The summed E-state index contributed by atoms with van der Waals surface area (Å²) in [6.07, 6.45) is 0. The number of thioether (sulfide) groups is 1. The second kappa shape index (κ2) is 5.29. The van der Waals surface area contributed by atoms with Crippen molar-refractivity contribution in [2.45, 2.75) is 12.4 Å². The van der Waals surface area contributed by atoms with E-state index in [1.54, 1.807) is 19.1 Å². The summed E-state index contributed by atoms with van der Waals surface area (Å²) in [5, 5.41) is 0. The summed E-state index contributed by atoms with van der Waals surface area (Å²) >= 11 is -0.124. The molecule has 90 valence electrons. The zero-order valence-corrected chi connectivity index (χ0v) is 9.36. The number of pyridine rings is 1. The molecule has 0 atom stereocenters. The van der Waals surface area contributed by atoms with Crippen LogP contribution in [0.5, 0.6) is 5.75 Å². The van der Waals surface area contributed by atoms with Gasteiger partial charge in [-0.05, 0) is 30.8 Å². The first-order valence-corrected chi connectivity index (χ1v) is 5.43. The minimum atomic E-state index is -4.22. The number of nitrogens with zero attached hydrogens (tertiary/aromatic N) is 1. The first-order chi connectivity index (χ1) is 7.38. The van der Waals surface area contributed by atoms with Gasteiger partial charge in [0, 0.05) is 11.4 Å². The summed E-state index contributed by atoms with van der Waals surface area (Å²) in [4.78, 5) is 3.92. The SMILES string of the molecule is Cc1ccc(OCCSC(F)(F)F)c(N)n1. The van der Waals surface area contributed by atoms with Crippen LogP contribution in [0.2, 0.25) is 0 Å². The fraction of sp³-hybridized carbons (Fsp3) is 0.444. The van der Waals surface area contributed by atoms with Crippen molar-refractivity contribution in [3.63, 3.8) is 0 Å². The average molecular weight is 252 g/mol. The van der Waals surface area contributed by atoms with Crippen LogP contribution in [0.1, 0.15) is 5.69 Å². The Balaban J connectivity index is 2.38. The maximum absolute atomic E-state index is 11.8. The first-order valence-electron chi connectivity index (χ1n) is 4.45. The Hall–Kier alpha value is -1.11. The van der Waals surface area contributed by atoms with Crippen LogP contribution < -0.4 is 10.5 Å². The number of hydrogen-bond acceptors (Lipinski definition) is 4. The van der Waals surface area contributed by atoms with Gasteiger partial charge in [-0.2, -0.15) is 13.2 Å². The van der Waals surface area contributed by atoms with E-state index in [1.165, 1.54) is 0 Å². The molecule has 0 aromatic carbocycles.